The number of benzene rings is 1. The molecule has 186 valence electrons. The van der Waals surface area contributed by atoms with Crippen LogP contribution >= 0.6 is 0 Å². The Bertz CT molecular complexity index is 1270. The molecule has 0 aliphatic carbocycles. The molecule has 0 bridgehead atoms. The van der Waals surface area contributed by atoms with Gasteiger partial charge in [-0.15, -0.1) is 0 Å². The minimum Gasteiger partial charge on any atom is -0.444 e. The Hall–Kier alpha value is -3.63. The number of alkyl halides is 2. The smallest absolute Gasteiger partial charge is 0.410 e. The van der Waals surface area contributed by atoms with Crippen molar-refractivity contribution >= 4 is 23.0 Å². The van der Waals surface area contributed by atoms with Crippen molar-refractivity contribution in [3.8, 4) is 11.1 Å². The Labute approximate surface area is 200 Å². The van der Waals surface area contributed by atoms with Crippen LogP contribution in [0.3, 0.4) is 0 Å². The van der Waals surface area contributed by atoms with Crippen LogP contribution in [-0.4, -0.2) is 68.3 Å². The Morgan fingerprint density at radius 2 is 1.89 bits per heavy atom. The van der Waals surface area contributed by atoms with E-state index in [-0.39, 0.29) is 18.5 Å². The molecule has 1 aliphatic rings. The zero-order valence-corrected chi connectivity index (χ0v) is 19.8. The fourth-order valence-corrected chi connectivity index (χ4v) is 3.75. The number of aromatic nitrogens is 3. The van der Waals surface area contributed by atoms with Gasteiger partial charge in [0.2, 0.25) is 5.91 Å². The summed E-state index contributed by atoms with van der Waals surface area (Å²) in [6.45, 7) is 6.07. The van der Waals surface area contributed by atoms with Crippen molar-refractivity contribution < 1.29 is 27.5 Å². The maximum atomic E-state index is 13.7. The first-order chi connectivity index (χ1) is 16.4. The van der Waals surface area contributed by atoms with Crippen molar-refractivity contribution in [1.82, 2.24) is 24.6 Å². The topological polar surface area (TPSA) is 80.6 Å². The standard InChI is InChI=1S/C24H26F3N5O3/c1-24(2,3)35-23(34)30(4)16-11-31(12-16)21(33)13-32-20-8-15(9-28-19(20)10-29-32)14-5-6-18(25)17(7-14)22(26)27/h5-10,16,22H,11-13H2,1-4H3. The molecular formula is C24H26F3N5O3. The lowest BCUT2D eigenvalue weighted by Crippen LogP contribution is -2.62. The number of carbonyl (C=O) groups excluding carboxylic acids is 2. The average molecular weight is 489 g/mol. The molecule has 3 heterocycles. The summed E-state index contributed by atoms with van der Waals surface area (Å²) in [5.41, 5.74) is 0.663. The van der Waals surface area contributed by atoms with Crippen LogP contribution in [0.4, 0.5) is 18.0 Å². The molecule has 3 aromatic rings. The first-order valence-corrected chi connectivity index (χ1v) is 11.1. The molecule has 0 atom stereocenters. The summed E-state index contributed by atoms with van der Waals surface area (Å²) in [4.78, 5) is 32.4. The second kappa shape index (κ2) is 9.20. The van der Waals surface area contributed by atoms with Gasteiger partial charge >= 0.3 is 6.09 Å². The van der Waals surface area contributed by atoms with Crippen molar-refractivity contribution in [2.24, 2.45) is 0 Å². The second-order valence-electron chi connectivity index (χ2n) is 9.51. The molecule has 0 radical (unpaired) electrons. The summed E-state index contributed by atoms with van der Waals surface area (Å²) in [5.74, 6) is -1.16. The van der Waals surface area contributed by atoms with Crippen molar-refractivity contribution in [3.63, 3.8) is 0 Å². The summed E-state index contributed by atoms with van der Waals surface area (Å²) in [7, 11) is 1.64. The number of hydrogen-bond acceptors (Lipinski definition) is 5. The predicted molar refractivity (Wildman–Crippen MR) is 122 cm³/mol. The SMILES string of the molecule is CN(C(=O)OC(C)(C)C)C1CN(C(=O)Cn2ncc3ncc(-c4ccc(F)c(C(F)F)c4)cc32)C1. The van der Waals surface area contributed by atoms with Gasteiger partial charge < -0.3 is 14.5 Å². The maximum absolute atomic E-state index is 13.7. The minimum absolute atomic E-state index is 0.0524. The number of rotatable bonds is 5. The van der Waals surface area contributed by atoms with Crippen molar-refractivity contribution in [2.45, 2.75) is 45.4 Å². The molecule has 8 nitrogen and oxygen atoms in total. The normalized spacial score (nSPS) is 14.3. The average Bonchev–Trinajstić information content (AvgIpc) is 3.13. The number of nitrogens with zero attached hydrogens (tertiary/aromatic N) is 5. The summed E-state index contributed by atoms with van der Waals surface area (Å²) in [6, 6.07) is 5.03. The Morgan fingerprint density at radius 1 is 1.17 bits per heavy atom. The number of hydrogen-bond donors (Lipinski definition) is 0. The van der Waals surface area contributed by atoms with E-state index in [1.54, 1.807) is 38.8 Å². The lowest BCUT2D eigenvalue weighted by atomic mass is 10.0. The highest BCUT2D eigenvalue weighted by atomic mass is 19.3. The molecule has 1 saturated heterocycles. The molecule has 1 fully saturated rings. The molecule has 0 spiro atoms. The van der Waals surface area contributed by atoms with E-state index in [0.29, 0.717) is 35.2 Å². The molecule has 11 heteroatoms. The summed E-state index contributed by atoms with van der Waals surface area (Å²) in [6.07, 6.45) is -0.381. The third-order valence-electron chi connectivity index (χ3n) is 5.79. The number of pyridine rings is 1. The van der Waals surface area contributed by atoms with Gasteiger partial charge in [-0.05, 0) is 44.5 Å². The largest absolute Gasteiger partial charge is 0.444 e. The van der Waals surface area contributed by atoms with Gasteiger partial charge in [0.15, 0.2) is 0 Å². The zero-order chi connectivity index (χ0) is 25.5. The van der Waals surface area contributed by atoms with Crippen LogP contribution in [-0.2, 0) is 16.1 Å². The van der Waals surface area contributed by atoms with E-state index in [2.05, 4.69) is 10.1 Å². The van der Waals surface area contributed by atoms with Crippen molar-refractivity contribution in [1.29, 1.82) is 0 Å². The van der Waals surface area contributed by atoms with Gasteiger partial charge in [-0.25, -0.2) is 18.0 Å². The van der Waals surface area contributed by atoms with Crippen LogP contribution in [0.5, 0.6) is 0 Å². The number of likely N-dealkylation sites (N-methyl/N-ethyl adjacent to an activating group) is 1. The van der Waals surface area contributed by atoms with Crippen molar-refractivity contribution in [3.05, 3.63) is 48.0 Å². The lowest BCUT2D eigenvalue weighted by molar-refractivity contribution is -0.139. The highest BCUT2D eigenvalue weighted by molar-refractivity contribution is 5.83. The number of likely N-dealkylation sites (tertiary alicyclic amines) is 1. The number of ether oxygens (including phenoxy) is 1. The fraction of sp³-hybridized carbons (Fsp3) is 0.417. The summed E-state index contributed by atoms with van der Waals surface area (Å²) in [5, 5.41) is 4.24. The summed E-state index contributed by atoms with van der Waals surface area (Å²) < 4.78 is 46.7. The van der Waals surface area contributed by atoms with Crippen LogP contribution in [0.15, 0.2) is 36.7 Å². The van der Waals surface area contributed by atoms with Gasteiger partial charge in [-0.3, -0.25) is 14.5 Å². The molecule has 0 saturated carbocycles. The first kappa shape index (κ1) is 24.5. The van der Waals surface area contributed by atoms with Crippen molar-refractivity contribution in [2.75, 3.05) is 20.1 Å². The monoisotopic (exact) mass is 489 g/mol. The van der Waals surface area contributed by atoms with Gasteiger partial charge in [0, 0.05) is 31.9 Å². The fourth-order valence-electron chi connectivity index (χ4n) is 3.75. The van der Waals surface area contributed by atoms with E-state index in [1.807, 2.05) is 0 Å². The van der Waals surface area contributed by atoms with E-state index in [9.17, 15) is 22.8 Å². The van der Waals surface area contributed by atoms with E-state index >= 15 is 0 Å². The molecule has 4 rings (SSSR count). The maximum Gasteiger partial charge on any atom is 0.410 e. The van der Waals surface area contributed by atoms with Gasteiger partial charge in [0.1, 0.15) is 23.5 Å². The molecule has 2 amide bonds. The third-order valence-corrected chi connectivity index (χ3v) is 5.79. The predicted octanol–water partition coefficient (Wildman–Crippen LogP) is 4.25. The molecule has 2 aromatic heterocycles. The van der Waals surface area contributed by atoms with Crippen LogP contribution in [0.1, 0.15) is 32.8 Å². The molecule has 1 aromatic carbocycles. The number of halogens is 3. The molecular weight excluding hydrogens is 463 g/mol. The van der Waals surface area contributed by atoms with E-state index in [1.165, 1.54) is 28.0 Å². The Kier molecular flexibility index (Phi) is 6.44. The molecule has 35 heavy (non-hydrogen) atoms. The van der Waals surface area contributed by atoms with E-state index in [0.717, 1.165) is 12.1 Å². The summed E-state index contributed by atoms with van der Waals surface area (Å²) >= 11 is 0. The Morgan fingerprint density at radius 3 is 2.54 bits per heavy atom. The van der Waals surface area contributed by atoms with Gasteiger partial charge in [0.05, 0.1) is 23.3 Å². The van der Waals surface area contributed by atoms with Crippen LogP contribution < -0.4 is 0 Å². The third kappa shape index (κ3) is 5.23. The van der Waals surface area contributed by atoms with Gasteiger partial charge in [-0.1, -0.05) is 6.07 Å². The van der Waals surface area contributed by atoms with Crippen LogP contribution in [0.2, 0.25) is 0 Å². The lowest BCUT2D eigenvalue weighted by Gasteiger charge is -2.43. The second-order valence-corrected chi connectivity index (χ2v) is 9.51. The first-order valence-electron chi connectivity index (χ1n) is 11.1. The van der Waals surface area contributed by atoms with Gasteiger partial charge in [0.25, 0.3) is 6.43 Å². The zero-order valence-electron chi connectivity index (χ0n) is 19.8. The van der Waals surface area contributed by atoms with Gasteiger partial charge in [-0.2, -0.15) is 5.10 Å². The highest BCUT2D eigenvalue weighted by Crippen LogP contribution is 2.29. The quantitative estimate of drug-likeness (QED) is 0.535. The molecule has 0 N–H and O–H groups in total. The van der Waals surface area contributed by atoms with E-state index < -0.39 is 29.5 Å². The number of amides is 2. The minimum atomic E-state index is -2.94. The molecule has 0 unspecified atom stereocenters. The van der Waals surface area contributed by atoms with E-state index in [4.69, 9.17) is 4.74 Å². The highest BCUT2D eigenvalue weighted by Gasteiger charge is 2.37. The van der Waals surface area contributed by atoms with Crippen LogP contribution in [0.25, 0.3) is 22.2 Å². The van der Waals surface area contributed by atoms with Crippen LogP contribution in [0, 0.1) is 5.82 Å². The Balaban J connectivity index is 1.45. The molecule has 1 aliphatic heterocycles. The number of carbonyl (C=O) groups is 2. The number of fused-ring (bicyclic) bond motifs is 1.